The quantitative estimate of drug-likeness (QED) is 0.882. The first-order valence-corrected chi connectivity index (χ1v) is 6.39. The summed E-state index contributed by atoms with van der Waals surface area (Å²) in [5, 5.41) is 11.6. The number of aromatic carboxylic acids is 1. The molecule has 19 heavy (non-hydrogen) atoms. The molecule has 1 aromatic rings. The lowest BCUT2D eigenvalue weighted by atomic mass is 9.97. The normalized spacial score (nSPS) is 26.4. The minimum atomic E-state index is -1.34. The van der Waals surface area contributed by atoms with Crippen LogP contribution in [-0.4, -0.2) is 17.1 Å². The second-order valence-corrected chi connectivity index (χ2v) is 5.28. The minimum Gasteiger partial charge on any atom is -0.478 e. The molecule has 0 bridgehead atoms. The number of rotatable bonds is 3. The van der Waals surface area contributed by atoms with Gasteiger partial charge in [-0.25, -0.2) is 13.6 Å². The van der Waals surface area contributed by atoms with Crippen molar-refractivity contribution in [2.45, 2.75) is 32.7 Å². The van der Waals surface area contributed by atoms with Gasteiger partial charge in [-0.2, -0.15) is 0 Å². The third kappa shape index (κ3) is 2.69. The zero-order valence-electron chi connectivity index (χ0n) is 10.9. The van der Waals surface area contributed by atoms with Crippen LogP contribution in [0.4, 0.5) is 14.5 Å². The molecule has 1 fully saturated rings. The van der Waals surface area contributed by atoms with Gasteiger partial charge in [-0.15, -0.1) is 0 Å². The highest BCUT2D eigenvalue weighted by molar-refractivity contribution is 5.88. The Morgan fingerprint density at radius 3 is 2.26 bits per heavy atom. The average Bonchev–Trinajstić information content (AvgIpc) is 2.65. The third-order valence-electron chi connectivity index (χ3n) is 4.08. The van der Waals surface area contributed by atoms with Gasteiger partial charge in [0.2, 0.25) is 0 Å². The van der Waals surface area contributed by atoms with Crippen molar-refractivity contribution < 1.29 is 18.7 Å². The number of benzene rings is 1. The Hall–Kier alpha value is -1.65. The molecule has 0 heterocycles. The first-order chi connectivity index (χ1) is 8.90. The number of halogens is 2. The monoisotopic (exact) mass is 269 g/mol. The fraction of sp³-hybridized carbons (Fsp3) is 0.500. The zero-order chi connectivity index (χ0) is 14.2. The molecular weight excluding hydrogens is 252 g/mol. The zero-order valence-corrected chi connectivity index (χ0v) is 10.9. The standard InChI is InChI=1S/C14H17F2NO2/c1-7-3-4-12(8(7)2)17-13-10(15)5-9(14(18)19)6-11(13)16/h5-8,12,17H,3-4H2,1-2H3,(H,18,19). The summed E-state index contributed by atoms with van der Waals surface area (Å²) >= 11 is 0. The van der Waals surface area contributed by atoms with Gasteiger partial charge in [0.05, 0.1) is 5.56 Å². The number of hydrogen-bond acceptors (Lipinski definition) is 2. The molecule has 1 aliphatic carbocycles. The molecule has 1 aliphatic rings. The molecule has 1 aromatic carbocycles. The molecule has 2 N–H and O–H groups in total. The second kappa shape index (κ2) is 5.15. The first kappa shape index (κ1) is 13.8. The van der Waals surface area contributed by atoms with Crippen LogP contribution in [0, 0.1) is 23.5 Å². The molecular formula is C14H17F2NO2. The number of nitrogens with one attached hydrogen (secondary N) is 1. The second-order valence-electron chi connectivity index (χ2n) is 5.28. The molecule has 104 valence electrons. The maximum absolute atomic E-state index is 13.8. The Morgan fingerprint density at radius 1 is 1.26 bits per heavy atom. The van der Waals surface area contributed by atoms with Crippen LogP contribution in [0.3, 0.4) is 0 Å². The predicted octanol–water partition coefficient (Wildman–Crippen LogP) is 3.51. The molecule has 2 rings (SSSR count). The van der Waals surface area contributed by atoms with Gasteiger partial charge in [0.25, 0.3) is 0 Å². The van der Waals surface area contributed by atoms with Crippen molar-refractivity contribution in [3.8, 4) is 0 Å². The van der Waals surface area contributed by atoms with E-state index in [1.807, 2.05) is 0 Å². The average molecular weight is 269 g/mol. The van der Waals surface area contributed by atoms with Gasteiger partial charge in [0.15, 0.2) is 0 Å². The lowest BCUT2D eigenvalue weighted by molar-refractivity contribution is 0.0696. The van der Waals surface area contributed by atoms with Crippen molar-refractivity contribution in [1.29, 1.82) is 0 Å². The molecule has 0 aliphatic heterocycles. The molecule has 3 atom stereocenters. The number of carboxylic acids is 1. The van der Waals surface area contributed by atoms with E-state index < -0.39 is 17.6 Å². The van der Waals surface area contributed by atoms with Gasteiger partial charge < -0.3 is 10.4 Å². The summed E-state index contributed by atoms with van der Waals surface area (Å²) in [7, 11) is 0. The summed E-state index contributed by atoms with van der Waals surface area (Å²) in [6.07, 6.45) is 1.89. The van der Waals surface area contributed by atoms with E-state index in [4.69, 9.17) is 5.11 Å². The topological polar surface area (TPSA) is 49.3 Å². The van der Waals surface area contributed by atoms with Crippen LogP contribution >= 0.6 is 0 Å². The van der Waals surface area contributed by atoms with E-state index in [-0.39, 0.29) is 17.3 Å². The van der Waals surface area contributed by atoms with Crippen LogP contribution < -0.4 is 5.32 Å². The minimum absolute atomic E-state index is 0.0229. The molecule has 3 unspecified atom stereocenters. The summed E-state index contributed by atoms with van der Waals surface area (Å²) in [4.78, 5) is 10.7. The smallest absolute Gasteiger partial charge is 0.335 e. The molecule has 0 saturated heterocycles. The Balaban J connectivity index is 2.24. The van der Waals surface area contributed by atoms with Gasteiger partial charge in [-0.3, -0.25) is 0 Å². The number of carbonyl (C=O) groups is 1. The van der Waals surface area contributed by atoms with Crippen LogP contribution in [0.5, 0.6) is 0 Å². The molecule has 0 aromatic heterocycles. The summed E-state index contributed by atoms with van der Waals surface area (Å²) in [5.41, 5.74) is -0.607. The molecule has 0 spiro atoms. The van der Waals surface area contributed by atoms with Crippen molar-refractivity contribution >= 4 is 11.7 Å². The van der Waals surface area contributed by atoms with Crippen molar-refractivity contribution in [3.63, 3.8) is 0 Å². The SMILES string of the molecule is CC1CCC(Nc2c(F)cc(C(=O)O)cc2F)C1C. The number of carboxylic acid groups (broad SMARTS) is 1. The third-order valence-corrected chi connectivity index (χ3v) is 4.08. The van der Waals surface area contributed by atoms with Gasteiger partial charge >= 0.3 is 5.97 Å². The molecule has 5 heteroatoms. The molecule has 1 saturated carbocycles. The first-order valence-electron chi connectivity index (χ1n) is 6.39. The maximum Gasteiger partial charge on any atom is 0.335 e. The fourth-order valence-electron chi connectivity index (χ4n) is 2.59. The lowest BCUT2D eigenvalue weighted by Gasteiger charge is -2.21. The highest BCUT2D eigenvalue weighted by Crippen LogP contribution is 2.34. The van der Waals surface area contributed by atoms with E-state index in [1.54, 1.807) is 0 Å². The van der Waals surface area contributed by atoms with Gasteiger partial charge in [-0.1, -0.05) is 13.8 Å². The molecule has 0 radical (unpaired) electrons. The van der Waals surface area contributed by atoms with E-state index in [0.29, 0.717) is 11.8 Å². The van der Waals surface area contributed by atoms with E-state index in [9.17, 15) is 13.6 Å². The van der Waals surface area contributed by atoms with Crippen LogP contribution in [-0.2, 0) is 0 Å². The van der Waals surface area contributed by atoms with E-state index in [0.717, 1.165) is 25.0 Å². The lowest BCUT2D eigenvalue weighted by Crippen LogP contribution is -2.25. The van der Waals surface area contributed by atoms with Crippen molar-refractivity contribution in [2.24, 2.45) is 11.8 Å². The Morgan fingerprint density at radius 2 is 1.84 bits per heavy atom. The Bertz CT molecular complexity index is 481. The van der Waals surface area contributed by atoms with Crippen molar-refractivity contribution in [2.75, 3.05) is 5.32 Å². The highest BCUT2D eigenvalue weighted by Gasteiger charge is 2.31. The Kier molecular flexibility index (Phi) is 3.73. The van der Waals surface area contributed by atoms with Crippen LogP contribution in [0.1, 0.15) is 37.0 Å². The van der Waals surface area contributed by atoms with Crippen molar-refractivity contribution in [3.05, 3.63) is 29.3 Å². The predicted molar refractivity (Wildman–Crippen MR) is 68.3 cm³/mol. The van der Waals surface area contributed by atoms with Gasteiger partial charge in [-0.05, 0) is 36.8 Å². The van der Waals surface area contributed by atoms with Gasteiger partial charge in [0, 0.05) is 6.04 Å². The largest absolute Gasteiger partial charge is 0.478 e. The summed E-state index contributed by atoms with van der Waals surface area (Å²) in [6, 6.07) is 1.71. The van der Waals surface area contributed by atoms with Crippen LogP contribution in [0.15, 0.2) is 12.1 Å². The van der Waals surface area contributed by atoms with E-state index >= 15 is 0 Å². The summed E-state index contributed by atoms with van der Waals surface area (Å²) in [6.45, 7) is 4.17. The molecule has 0 amide bonds. The van der Waals surface area contributed by atoms with E-state index in [2.05, 4.69) is 19.2 Å². The number of anilines is 1. The summed E-state index contributed by atoms with van der Waals surface area (Å²) in [5.74, 6) is -2.21. The summed E-state index contributed by atoms with van der Waals surface area (Å²) < 4.78 is 27.6. The van der Waals surface area contributed by atoms with E-state index in [1.165, 1.54) is 0 Å². The molecule has 3 nitrogen and oxygen atoms in total. The fourth-order valence-corrected chi connectivity index (χ4v) is 2.59. The van der Waals surface area contributed by atoms with Crippen molar-refractivity contribution in [1.82, 2.24) is 0 Å². The Labute approximate surface area is 110 Å². The van der Waals surface area contributed by atoms with Gasteiger partial charge in [0.1, 0.15) is 17.3 Å². The highest BCUT2D eigenvalue weighted by atomic mass is 19.1. The van der Waals surface area contributed by atoms with Crippen LogP contribution in [0.2, 0.25) is 0 Å². The number of hydrogen-bond donors (Lipinski definition) is 2. The maximum atomic E-state index is 13.8. The van der Waals surface area contributed by atoms with Crippen LogP contribution in [0.25, 0.3) is 0 Å².